The standard InChI is InChI=1S/C14H16BrN3O2/c1-19-12-7-10(15)4-5-11(12)14-17-13(18-20-14)9-3-2-6-16-8-9/h4-5,7,9,16H,2-3,6,8H2,1H3. The average Bonchev–Trinajstić information content (AvgIpc) is 2.97. The Bertz CT molecular complexity index is 594. The molecular formula is C14H16BrN3O2. The van der Waals surface area contributed by atoms with Gasteiger partial charge in [0.15, 0.2) is 5.82 Å². The lowest BCUT2D eigenvalue weighted by Gasteiger charge is -2.19. The number of ether oxygens (including phenoxy) is 1. The van der Waals surface area contributed by atoms with Crippen molar-refractivity contribution in [3.05, 3.63) is 28.5 Å². The SMILES string of the molecule is COc1cc(Br)ccc1-c1nc(C2CCCNC2)no1. The van der Waals surface area contributed by atoms with Crippen LogP contribution in [-0.2, 0) is 0 Å². The molecule has 2 heterocycles. The van der Waals surface area contributed by atoms with Gasteiger partial charge in [-0.3, -0.25) is 0 Å². The Labute approximate surface area is 125 Å². The number of aromatic nitrogens is 2. The highest BCUT2D eigenvalue weighted by atomic mass is 79.9. The summed E-state index contributed by atoms with van der Waals surface area (Å²) in [6.07, 6.45) is 2.25. The molecule has 1 unspecified atom stereocenters. The fraction of sp³-hybridized carbons (Fsp3) is 0.429. The normalized spacial score (nSPS) is 19.0. The van der Waals surface area contributed by atoms with E-state index >= 15 is 0 Å². The molecule has 0 spiro atoms. The van der Waals surface area contributed by atoms with Crippen LogP contribution in [0.5, 0.6) is 5.75 Å². The van der Waals surface area contributed by atoms with Gasteiger partial charge in [0.25, 0.3) is 5.89 Å². The number of hydrogen-bond donors (Lipinski definition) is 1. The summed E-state index contributed by atoms with van der Waals surface area (Å²) in [6, 6.07) is 5.74. The molecule has 0 amide bonds. The van der Waals surface area contributed by atoms with Crippen LogP contribution >= 0.6 is 15.9 Å². The van der Waals surface area contributed by atoms with Gasteiger partial charge in [0.1, 0.15) is 5.75 Å². The molecule has 1 atom stereocenters. The molecule has 1 N–H and O–H groups in total. The summed E-state index contributed by atoms with van der Waals surface area (Å²) >= 11 is 3.42. The Morgan fingerprint density at radius 3 is 3.10 bits per heavy atom. The summed E-state index contributed by atoms with van der Waals surface area (Å²) in [6.45, 7) is 1.98. The van der Waals surface area contributed by atoms with Crippen LogP contribution in [0.15, 0.2) is 27.2 Å². The summed E-state index contributed by atoms with van der Waals surface area (Å²) in [4.78, 5) is 4.53. The van der Waals surface area contributed by atoms with Crippen molar-refractivity contribution in [2.24, 2.45) is 0 Å². The monoisotopic (exact) mass is 337 g/mol. The molecule has 0 bridgehead atoms. The Morgan fingerprint density at radius 1 is 1.45 bits per heavy atom. The lowest BCUT2D eigenvalue weighted by atomic mass is 9.99. The van der Waals surface area contributed by atoms with Crippen molar-refractivity contribution in [1.82, 2.24) is 15.5 Å². The summed E-state index contributed by atoms with van der Waals surface area (Å²) in [5.74, 6) is 2.34. The molecule has 6 heteroatoms. The Kier molecular flexibility index (Phi) is 4.03. The van der Waals surface area contributed by atoms with Crippen molar-refractivity contribution < 1.29 is 9.26 Å². The smallest absolute Gasteiger partial charge is 0.261 e. The zero-order chi connectivity index (χ0) is 13.9. The molecule has 106 valence electrons. The van der Waals surface area contributed by atoms with E-state index in [1.54, 1.807) is 7.11 Å². The Balaban J connectivity index is 1.89. The second kappa shape index (κ2) is 5.93. The number of rotatable bonds is 3. The maximum Gasteiger partial charge on any atom is 0.261 e. The number of nitrogens with zero attached hydrogens (tertiary/aromatic N) is 2. The molecule has 1 fully saturated rings. The molecule has 5 nitrogen and oxygen atoms in total. The lowest BCUT2D eigenvalue weighted by Crippen LogP contribution is -2.28. The van der Waals surface area contributed by atoms with E-state index in [4.69, 9.17) is 9.26 Å². The van der Waals surface area contributed by atoms with E-state index < -0.39 is 0 Å². The Hall–Kier alpha value is -1.40. The first kappa shape index (κ1) is 13.6. The van der Waals surface area contributed by atoms with E-state index in [0.29, 0.717) is 11.8 Å². The van der Waals surface area contributed by atoms with Crippen LogP contribution in [0, 0.1) is 0 Å². The quantitative estimate of drug-likeness (QED) is 0.932. The number of halogens is 1. The number of benzene rings is 1. The lowest BCUT2D eigenvalue weighted by molar-refractivity contribution is 0.388. The average molecular weight is 338 g/mol. The zero-order valence-electron chi connectivity index (χ0n) is 11.2. The topological polar surface area (TPSA) is 60.2 Å². The second-order valence-electron chi connectivity index (χ2n) is 4.85. The van der Waals surface area contributed by atoms with E-state index in [1.165, 1.54) is 0 Å². The van der Waals surface area contributed by atoms with Gasteiger partial charge in [-0.2, -0.15) is 4.98 Å². The predicted octanol–water partition coefficient (Wildman–Crippen LogP) is 2.97. The van der Waals surface area contributed by atoms with Crippen molar-refractivity contribution in [3.63, 3.8) is 0 Å². The first-order valence-electron chi connectivity index (χ1n) is 6.66. The number of hydrogen-bond acceptors (Lipinski definition) is 5. The van der Waals surface area contributed by atoms with Crippen molar-refractivity contribution in [2.45, 2.75) is 18.8 Å². The third-order valence-corrected chi connectivity index (χ3v) is 3.99. The molecule has 2 aromatic rings. The minimum absolute atomic E-state index is 0.336. The zero-order valence-corrected chi connectivity index (χ0v) is 12.8. The van der Waals surface area contributed by atoms with Crippen LogP contribution < -0.4 is 10.1 Å². The van der Waals surface area contributed by atoms with Gasteiger partial charge in [-0.25, -0.2) is 0 Å². The van der Waals surface area contributed by atoms with Crippen LogP contribution in [0.3, 0.4) is 0 Å². The molecule has 3 rings (SSSR count). The maximum atomic E-state index is 5.40. The summed E-state index contributed by atoms with van der Waals surface area (Å²) < 4.78 is 11.7. The van der Waals surface area contributed by atoms with Gasteiger partial charge < -0.3 is 14.6 Å². The molecule has 20 heavy (non-hydrogen) atoms. The third-order valence-electron chi connectivity index (χ3n) is 3.50. The number of methoxy groups -OCH3 is 1. The fourth-order valence-electron chi connectivity index (χ4n) is 2.42. The molecule has 1 aromatic carbocycles. The molecule has 0 radical (unpaired) electrons. The van der Waals surface area contributed by atoms with Gasteiger partial charge in [0.05, 0.1) is 12.7 Å². The molecule has 1 saturated heterocycles. The number of nitrogens with one attached hydrogen (secondary N) is 1. The van der Waals surface area contributed by atoms with Crippen LogP contribution in [0.1, 0.15) is 24.6 Å². The molecule has 1 aliphatic heterocycles. The van der Waals surface area contributed by atoms with Gasteiger partial charge in [-0.05, 0) is 37.6 Å². The van der Waals surface area contributed by atoms with Crippen LogP contribution in [-0.4, -0.2) is 30.3 Å². The Morgan fingerprint density at radius 2 is 2.35 bits per heavy atom. The van der Waals surface area contributed by atoms with Gasteiger partial charge in [-0.1, -0.05) is 21.1 Å². The fourth-order valence-corrected chi connectivity index (χ4v) is 2.76. The molecular weight excluding hydrogens is 322 g/mol. The molecule has 0 aliphatic carbocycles. The van der Waals surface area contributed by atoms with Gasteiger partial charge in [-0.15, -0.1) is 0 Å². The summed E-state index contributed by atoms with van der Waals surface area (Å²) in [7, 11) is 1.63. The van der Waals surface area contributed by atoms with Gasteiger partial charge in [0, 0.05) is 16.9 Å². The first-order chi connectivity index (χ1) is 9.78. The van der Waals surface area contributed by atoms with Gasteiger partial charge in [0.2, 0.25) is 0 Å². The van der Waals surface area contributed by atoms with Crippen molar-refractivity contribution >= 4 is 15.9 Å². The summed E-state index contributed by atoms with van der Waals surface area (Å²) in [5, 5.41) is 7.48. The van der Waals surface area contributed by atoms with E-state index in [-0.39, 0.29) is 0 Å². The largest absolute Gasteiger partial charge is 0.496 e. The van der Waals surface area contributed by atoms with Gasteiger partial charge >= 0.3 is 0 Å². The maximum absolute atomic E-state index is 5.40. The van der Waals surface area contributed by atoms with Crippen LogP contribution in [0.2, 0.25) is 0 Å². The van der Waals surface area contributed by atoms with E-state index in [0.717, 1.165) is 47.5 Å². The van der Waals surface area contributed by atoms with Crippen LogP contribution in [0.25, 0.3) is 11.5 Å². The first-order valence-corrected chi connectivity index (χ1v) is 7.45. The van der Waals surface area contributed by atoms with Crippen molar-refractivity contribution in [2.75, 3.05) is 20.2 Å². The molecule has 1 aromatic heterocycles. The third kappa shape index (κ3) is 2.71. The van der Waals surface area contributed by atoms with E-state index in [9.17, 15) is 0 Å². The van der Waals surface area contributed by atoms with Crippen LogP contribution in [0.4, 0.5) is 0 Å². The second-order valence-corrected chi connectivity index (χ2v) is 5.76. The molecule has 1 aliphatic rings. The molecule has 0 saturated carbocycles. The predicted molar refractivity (Wildman–Crippen MR) is 78.8 cm³/mol. The minimum Gasteiger partial charge on any atom is -0.496 e. The van der Waals surface area contributed by atoms with Crippen molar-refractivity contribution in [1.29, 1.82) is 0 Å². The highest BCUT2D eigenvalue weighted by Crippen LogP contribution is 2.32. The highest BCUT2D eigenvalue weighted by Gasteiger charge is 2.22. The minimum atomic E-state index is 0.336. The van der Waals surface area contributed by atoms with E-state index in [2.05, 4.69) is 31.4 Å². The van der Waals surface area contributed by atoms with Crippen molar-refractivity contribution in [3.8, 4) is 17.2 Å². The summed E-state index contributed by atoms with van der Waals surface area (Å²) in [5.41, 5.74) is 0.818. The highest BCUT2D eigenvalue weighted by molar-refractivity contribution is 9.10. The van der Waals surface area contributed by atoms with E-state index in [1.807, 2.05) is 18.2 Å². The number of piperidine rings is 1.